The summed E-state index contributed by atoms with van der Waals surface area (Å²) in [5, 5.41) is 2.66. The Morgan fingerprint density at radius 1 is 1.71 bits per heavy atom. The number of nitrogens with zero attached hydrogens (tertiary/aromatic N) is 1. The maximum atomic E-state index is 10.5. The van der Waals surface area contributed by atoms with E-state index in [1.807, 2.05) is 18.2 Å². The van der Waals surface area contributed by atoms with Crippen LogP contribution in [0.1, 0.15) is 12.5 Å². The van der Waals surface area contributed by atoms with Crippen LogP contribution < -0.4 is 11.1 Å². The normalized spacial score (nSPS) is 10.4. The zero-order valence-electron chi connectivity index (χ0n) is 8.03. The second-order valence-electron chi connectivity index (χ2n) is 2.85. The summed E-state index contributed by atoms with van der Waals surface area (Å²) >= 11 is 0. The van der Waals surface area contributed by atoms with Crippen LogP contribution in [0.2, 0.25) is 0 Å². The summed E-state index contributed by atoms with van der Waals surface area (Å²) in [6.07, 6.45) is 5.39. The maximum absolute atomic E-state index is 10.5. The molecule has 0 aliphatic rings. The number of rotatable bonds is 3. The summed E-state index contributed by atoms with van der Waals surface area (Å²) < 4.78 is 0. The van der Waals surface area contributed by atoms with Crippen LogP contribution in [0.5, 0.6) is 0 Å². The average molecular weight is 191 g/mol. The van der Waals surface area contributed by atoms with Gasteiger partial charge in [0.25, 0.3) is 0 Å². The van der Waals surface area contributed by atoms with Crippen LogP contribution >= 0.6 is 0 Å². The van der Waals surface area contributed by atoms with E-state index in [2.05, 4.69) is 10.3 Å². The third-order valence-corrected chi connectivity index (χ3v) is 1.58. The van der Waals surface area contributed by atoms with Gasteiger partial charge in [0.2, 0.25) is 5.91 Å². The molecule has 3 N–H and O–H groups in total. The van der Waals surface area contributed by atoms with E-state index < -0.39 is 0 Å². The van der Waals surface area contributed by atoms with Crippen molar-refractivity contribution < 1.29 is 4.79 Å². The van der Waals surface area contributed by atoms with Gasteiger partial charge in [-0.05, 0) is 17.7 Å². The molecule has 1 heterocycles. The second-order valence-corrected chi connectivity index (χ2v) is 2.85. The number of pyridine rings is 1. The lowest BCUT2D eigenvalue weighted by atomic mass is 10.2. The minimum atomic E-state index is -0.0381. The Morgan fingerprint density at radius 3 is 3.14 bits per heavy atom. The predicted molar refractivity (Wildman–Crippen MR) is 56.4 cm³/mol. The van der Waals surface area contributed by atoms with Crippen LogP contribution in [0.3, 0.4) is 0 Å². The van der Waals surface area contributed by atoms with E-state index in [4.69, 9.17) is 5.73 Å². The first-order chi connectivity index (χ1) is 6.68. The number of carbonyl (C=O) groups excluding carboxylic acids is 1. The average Bonchev–Trinajstić information content (AvgIpc) is 2.12. The van der Waals surface area contributed by atoms with Crippen molar-refractivity contribution in [2.24, 2.45) is 0 Å². The molecule has 4 nitrogen and oxygen atoms in total. The topological polar surface area (TPSA) is 68.0 Å². The lowest BCUT2D eigenvalue weighted by Crippen LogP contribution is -2.19. The third kappa shape index (κ3) is 3.71. The number of nitrogens with two attached hydrogens (primary N) is 1. The van der Waals surface area contributed by atoms with Crippen molar-refractivity contribution in [3.8, 4) is 0 Å². The molecule has 1 amide bonds. The van der Waals surface area contributed by atoms with Crippen molar-refractivity contribution in [1.29, 1.82) is 0 Å². The minimum Gasteiger partial charge on any atom is -0.384 e. The molecule has 0 spiro atoms. The van der Waals surface area contributed by atoms with Gasteiger partial charge in [-0.1, -0.05) is 12.2 Å². The van der Waals surface area contributed by atoms with Gasteiger partial charge >= 0.3 is 0 Å². The van der Waals surface area contributed by atoms with E-state index in [1.54, 1.807) is 12.3 Å². The minimum absolute atomic E-state index is 0.0381. The summed E-state index contributed by atoms with van der Waals surface area (Å²) in [6.45, 7) is 2.01. The molecule has 1 rings (SSSR count). The summed E-state index contributed by atoms with van der Waals surface area (Å²) in [5.74, 6) is 0.454. The van der Waals surface area contributed by atoms with Crippen LogP contribution in [0, 0.1) is 0 Å². The molecular formula is C10H13N3O. The number of nitrogen functional groups attached to an aromatic ring is 1. The van der Waals surface area contributed by atoms with Crippen LogP contribution in [-0.4, -0.2) is 17.4 Å². The molecule has 0 bridgehead atoms. The largest absolute Gasteiger partial charge is 0.384 e. The third-order valence-electron chi connectivity index (χ3n) is 1.58. The lowest BCUT2D eigenvalue weighted by molar-refractivity contribution is -0.118. The van der Waals surface area contributed by atoms with Crippen LogP contribution in [-0.2, 0) is 4.79 Å². The van der Waals surface area contributed by atoms with Crippen molar-refractivity contribution in [2.45, 2.75) is 6.92 Å². The number of hydrogen-bond acceptors (Lipinski definition) is 3. The van der Waals surface area contributed by atoms with Gasteiger partial charge < -0.3 is 11.1 Å². The van der Waals surface area contributed by atoms with Gasteiger partial charge in [-0.15, -0.1) is 0 Å². The van der Waals surface area contributed by atoms with Crippen LogP contribution in [0.15, 0.2) is 24.4 Å². The first-order valence-electron chi connectivity index (χ1n) is 4.31. The number of aromatic nitrogens is 1. The molecule has 0 aromatic carbocycles. The number of anilines is 1. The van der Waals surface area contributed by atoms with E-state index in [0.29, 0.717) is 12.4 Å². The highest BCUT2D eigenvalue weighted by Crippen LogP contribution is 2.04. The van der Waals surface area contributed by atoms with E-state index in [1.165, 1.54) is 6.92 Å². The Morgan fingerprint density at radius 2 is 2.50 bits per heavy atom. The van der Waals surface area contributed by atoms with Crippen molar-refractivity contribution in [3.63, 3.8) is 0 Å². The zero-order chi connectivity index (χ0) is 10.4. The van der Waals surface area contributed by atoms with Crippen molar-refractivity contribution in [3.05, 3.63) is 30.0 Å². The SMILES string of the molecule is CC(=O)NCC=Cc1ccnc(N)c1. The van der Waals surface area contributed by atoms with E-state index in [-0.39, 0.29) is 5.91 Å². The fourth-order valence-corrected chi connectivity index (χ4v) is 0.967. The number of nitrogens with one attached hydrogen (secondary N) is 1. The van der Waals surface area contributed by atoms with Gasteiger partial charge in [-0.25, -0.2) is 4.98 Å². The molecule has 0 atom stereocenters. The molecule has 0 aliphatic heterocycles. The van der Waals surface area contributed by atoms with Crippen molar-refractivity contribution in [1.82, 2.24) is 10.3 Å². The molecule has 0 saturated heterocycles. The van der Waals surface area contributed by atoms with Gasteiger partial charge in [-0.2, -0.15) is 0 Å². The summed E-state index contributed by atoms with van der Waals surface area (Å²) in [4.78, 5) is 14.4. The first-order valence-corrected chi connectivity index (χ1v) is 4.31. The maximum Gasteiger partial charge on any atom is 0.217 e. The van der Waals surface area contributed by atoms with Gasteiger partial charge in [0.15, 0.2) is 0 Å². The molecule has 0 radical (unpaired) electrons. The quantitative estimate of drug-likeness (QED) is 0.743. The molecular weight excluding hydrogens is 178 g/mol. The van der Waals surface area contributed by atoms with E-state index in [9.17, 15) is 4.79 Å². The standard InChI is InChI=1S/C10H13N3O/c1-8(14)12-5-2-3-9-4-6-13-10(11)7-9/h2-4,6-7H,5H2,1H3,(H2,11,13)(H,12,14). The lowest BCUT2D eigenvalue weighted by Gasteiger charge is -1.96. The second kappa shape index (κ2) is 5.01. The Hall–Kier alpha value is -1.84. The van der Waals surface area contributed by atoms with Gasteiger partial charge in [0.05, 0.1) is 0 Å². The fourth-order valence-electron chi connectivity index (χ4n) is 0.967. The Balaban J connectivity index is 2.47. The molecule has 1 aromatic heterocycles. The van der Waals surface area contributed by atoms with Gasteiger partial charge in [0, 0.05) is 19.7 Å². The Kier molecular flexibility index (Phi) is 3.67. The number of carbonyl (C=O) groups is 1. The smallest absolute Gasteiger partial charge is 0.217 e. The van der Waals surface area contributed by atoms with E-state index >= 15 is 0 Å². The highest BCUT2D eigenvalue weighted by molar-refractivity contribution is 5.73. The highest BCUT2D eigenvalue weighted by Gasteiger charge is 1.89. The summed E-state index contributed by atoms with van der Waals surface area (Å²) in [6, 6.07) is 3.62. The van der Waals surface area contributed by atoms with Crippen LogP contribution in [0.4, 0.5) is 5.82 Å². The number of amides is 1. The molecule has 0 fully saturated rings. The summed E-state index contributed by atoms with van der Waals surface area (Å²) in [7, 11) is 0. The fraction of sp³-hybridized carbons (Fsp3) is 0.200. The molecule has 4 heteroatoms. The summed E-state index contributed by atoms with van der Waals surface area (Å²) in [5.41, 5.74) is 6.47. The molecule has 0 saturated carbocycles. The van der Waals surface area contributed by atoms with Crippen LogP contribution in [0.25, 0.3) is 6.08 Å². The van der Waals surface area contributed by atoms with Crippen molar-refractivity contribution in [2.75, 3.05) is 12.3 Å². The number of hydrogen-bond donors (Lipinski definition) is 2. The van der Waals surface area contributed by atoms with Crippen molar-refractivity contribution >= 4 is 17.8 Å². The zero-order valence-corrected chi connectivity index (χ0v) is 8.03. The van der Waals surface area contributed by atoms with Gasteiger partial charge in [0.1, 0.15) is 5.82 Å². The Labute approximate surface area is 82.8 Å². The molecule has 74 valence electrons. The molecule has 14 heavy (non-hydrogen) atoms. The Bertz CT molecular complexity index is 347. The molecule has 0 aliphatic carbocycles. The molecule has 1 aromatic rings. The molecule has 0 unspecified atom stereocenters. The first kappa shape index (κ1) is 10.2. The van der Waals surface area contributed by atoms with E-state index in [0.717, 1.165) is 5.56 Å². The van der Waals surface area contributed by atoms with Gasteiger partial charge in [-0.3, -0.25) is 4.79 Å². The highest BCUT2D eigenvalue weighted by atomic mass is 16.1. The predicted octanol–water partition coefficient (Wildman–Crippen LogP) is 0.813. The monoisotopic (exact) mass is 191 g/mol.